The van der Waals surface area contributed by atoms with E-state index in [4.69, 9.17) is 0 Å². The largest absolute Gasteiger partial charge is 0.0984 e. The van der Waals surface area contributed by atoms with Gasteiger partial charge in [-0.05, 0) is 34.4 Å². The van der Waals surface area contributed by atoms with Gasteiger partial charge in [0.1, 0.15) is 0 Å². The maximum Gasteiger partial charge on any atom is -0.00822 e. The summed E-state index contributed by atoms with van der Waals surface area (Å²) < 4.78 is 0. The number of hydrogen-bond acceptors (Lipinski definition) is 0. The van der Waals surface area contributed by atoms with Crippen molar-refractivity contribution in [3.05, 3.63) is 60.7 Å². The predicted octanol–water partition coefficient (Wildman–Crippen LogP) is 4.52. The average molecular weight is 194 g/mol. The molecule has 0 aliphatic rings. The topological polar surface area (TPSA) is 0 Å². The van der Waals surface area contributed by atoms with Crippen LogP contribution >= 0.6 is 0 Å². The maximum absolute atomic E-state index is 4.04. The van der Waals surface area contributed by atoms with Gasteiger partial charge < -0.3 is 0 Å². The molecule has 0 saturated heterocycles. The molecule has 0 bridgehead atoms. The zero-order valence-electron chi connectivity index (χ0n) is 8.96. The molecule has 0 spiro atoms. The van der Waals surface area contributed by atoms with E-state index in [1.165, 1.54) is 16.3 Å². The Morgan fingerprint density at radius 1 is 1.13 bits per heavy atom. The second-order valence-electron chi connectivity index (χ2n) is 3.74. The quantitative estimate of drug-likeness (QED) is 0.659. The third kappa shape index (κ3) is 1.59. The molecule has 0 heterocycles. The molecule has 0 aliphatic heterocycles. The standard InChI is InChI=1S/C15H14/c1-4-12-9-10-13-7-5-6-8-14(13)15(12)11(2)3/h4-10H,1-2H2,3H3. The number of fused-ring (bicyclic) bond motifs is 1. The Morgan fingerprint density at radius 2 is 1.87 bits per heavy atom. The summed E-state index contributed by atoms with van der Waals surface area (Å²) in [5.41, 5.74) is 3.45. The lowest BCUT2D eigenvalue weighted by Crippen LogP contribution is -1.87. The summed E-state index contributed by atoms with van der Waals surface area (Å²) in [5, 5.41) is 2.50. The van der Waals surface area contributed by atoms with E-state index in [1.54, 1.807) is 0 Å². The molecule has 0 radical (unpaired) electrons. The van der Waals surface area contributed by atoms with Crippen LogP contribution in [0, 0.1) is 0 Å². The summed E-state index contributed by atoms with van der Waals surface area (Å²) in [4.78, 5) is 0. The molecule has 0 nitrogen and oxygen atoms in total. The highest BCUT2D eigenvalue weighted by Crippen LogP contribution is 2.28. The molecule has 0 saturated carbocycles. The van der Waals surface area contributed by atoms with E-state index in [2.05, 4.69) is 49.6 Å². The van der Waals surface area contributed by atoms with Gasteiger partial charge in [0, 0.05) is 0 Å². The fraction of sp³-hybridized carbons (Fsp3) is 0.0667. The second kappa shape index (κ2) is 3.74. The zero-order chi connectivity index (χ0) is 10.8. The van der Waals surface area contributed by atoms with Gasteiger partial charge >= 0.3 is 0 Å². The van der Waals surface area contributed by atoms with Crippen molar-refractivity contribution < 1.29 is 0 Å². The summed E-state index contributed by atoms with van der Waals surface area (Å²) in [6, 6.07) is 12.6. The summed E-state index contributed by atoms with van der Waals surface area (Å²) in [6.45, 7) is 9.91. The van der Waals surface area contributed by atoms with Gasteiger partial charge in [0.2, 0.25) is 0 Å². The molecule has 74 valence electrons. The summed E-state index contributed by atoms with van der Waals surface area (Å²) >= 11 is 0. The van der Waals surface area contributed by atoms with Crippen LogP contribution in [0.25, 0.3) is 22.4 Å². The molecule has 0 heteroatoms. The fourth-order valence-electron chi connectivity index (χ4n) is 1.93. The minimum atomic E-state index is 1.08. The van der Waals surface area contributed by atoms with Crippen LogP contribution in [0.1, 0.15) is 18.1 Å². The first kappa shape index (κ1) is 9.72. The lowest BCUT2D eigenvalue weighted by molar-refractivity contribution is 1.60. The van der Waals surface area contributed by atoms with Crippen LogP contribution in [0.2, 0.25) is 0 Å². The number of allylic oxidation sites excluding steroid dienone is 1. The molecular formula is C15H14. The van der Waals surface area contributed by atoms with E-state index in [0.717, 1.165) is 11.1 Å². The first-order valence-corrected chi connectivity index (χ1v) is 5.04. The molecule has 0 N–H and O–H groups in total. The third-order valence-electron chi connectivity index (χ3n) is 2.61. The predicted molar refractivity (Wildman–Crippen MR) is 68.7 cm³/mol. The zero-order valence-corrected chi connectivity index (χ0v) is 8.96. The SMILES string of the molecule is C=Cc1ccc2ccccc2c1C(=C)C. The maximum atomic E-state index is 4.04. The van der Waals surface area contributed by atoms with E-state index in [9.17, 15) is 0 Å². The van der Waals surface area contributed by atoms with Gasteiger partial charge in [-0.3, -0.25) is 0 Å². The Balaban J connectivity index is 2.90. The summed E-state index contributed by atoms with van der Waals surface area (Å²) in [5.74, 6) is 0. The molecule has 2 aromatic rings. The molecular weight excluding hydrogens is 180 g/mol. The Kier molecular flexibility index (Phi) is 2.42. The number of hydrogen-bond donors (Lipinski definition) is 0. The molecule has 0 fully saturated rings. The minimum absolute atomic E-state index is 1.08. The van der Waals surface area contributed by atoms with Crippen LogP contribution in [-0.2, 0) is 0 Å². The Morgan fingerprint density at radius 3 is 2.53 bits per heavy atom. The van der Waals surface area contributed by atoms with Gasteiger partial charge in [0.15, 0.2) is 0 Å². The lowest BCUT2D eigenvalue weighted by Gasteiger charge is -2.09. The highest BCUT2D eigenvalue weighted by atomic mass is 14.1. The lowest BCUT2D eigenvalue weighted by atomic mass is 9.95. The molecule has 0 aromatic heterocycles. The van der Waals surface area contributed by atoms with Gasteiger partial charge in [0.05, 0.1) is 0 Å². The fourth-order valence-corrected chi connectivity index (χ4v) is 1.93. The van der Waals surface area contributed by atoms with Gasteiger partial charge in [-0.2, -0.15) is 0 Å². The smallest absolute Gasteiger partial charge is 0.00822 e. The Hall–Kier alpha value is -1.82. The van der Waals surface area contributed by atoms with Crippen molar-refractivity contribution in [1.29, 1.82) is 0 Å². The van der Waals surface area contributed by atoms with E-state index in [0.29, 0.717) is 0 Å². The van der Waals surface area contributed by atoms with E-state index in [-0.39, 0.29) is 0 Å². The molecule has 0 amide bonds. The van der Waals surface area contributed by atoms with E-state index in [1.807, 2.05) is 13.0 Å². The van der Waals surface area contributed by atoms with E-state index < -0.39 is 0 Å². The highest BCUT2D eigenvalue weighted by molar-refractivity contribution is 5.96. The van der Waals surface area contributed by atoms with E-state index >= 15 is 0 Å². The van der Waals surface area contributed by atoms with Crippen molar-refractivity contribution in [2.45, 2.75) is 6.92 Å². The first-order valence-electron chi connectivity index (χ1n) is 5.04. The van der Waals surface area contributed by atoms with Crippen LogP contribution in [0.3, 0.4) is 0 Å². The molecule has 0 unspecified atom stereocenters. The molecule has 2 aromatic carbocycles. The van der Waals surface area contributed by atoms with Crippen LogP contribution in [0.5, 0.6) is 0 Å². The van der Waals surface area contributed by atoms with Crippen molar-refractivity contribution in [2.75, 3.05) is 0 Å². The van der Waals surface area contributed by atoms with Crippen LogP contribution in [0.4, 0.5) is 0 Å². The average Bonchev–Trinajstić information content (AvgIpc) is 2.27. The normalized spacial score (nSPS) is 10.2. The van der Waals surface area contributed by atoms with Gasteiger partial charge in [-0.25, -0.2) is 0 Å². The molecule has 2 rings (SSSR count). The van der Waals surface area contributed by atoms with Crippen LogP contribution < -0.4 is 0 Å². The van der Waals surface area contributed by atoms with Crippen molar-refractivity contribution in [2.24, 2.45) is 0 Å². The van der Waals surface area contributed by atoms with Crippen LogP contribution in [-0.4, -0.2) is 0 Å². The summed E-state index contributed by atoms with van der Waals surface area (Å²) in [6.07, 6.45) is 1.89. The molecule has 0 atom stereocenters. The van der Waals surface area contributed by atoms with Crippen molar-refractivity contribution >= 4 is 22.4 Å². The minimum Gasteiger partial charge on any atom is -0.0984 e. The molecule has 15 heavy (non-hydrogen) atoms. The van der Waals surface area contributed by atoms with Gasteiger partial charge in [-0.1, -0.05) is 55.6 Å². The number of benzene rings is 2. The Bertz CT molecular complexity index is 533. The van der Waals surface area contributed by atoms with Crippen molar-refractivity contribution in [3.8, 4) is 0 Å². The highest BCUT2D eigenvalue weighted by Gasteiger charge is 2.05. The Labute approximate surface area is 90.6 Å². The van der Waals surface area contributed by atoms with Crippen LogP contribution in [0.15, 0.2) is 49.6 Å². The third-order valence-corrected chi connectivity index (χ3v) is 2.61. The van der Waals surface area contributed by atoms with Gasteiger partial charge in [-0.15, -0.1) is 0 Å². The van der Waals surface area contributed by atoms with Crippen molar-refractivity contribution in [3.63, 3.8) is 0 Å². The first-order chi connectivity index (χ1) is 7.24. The van der Waals surface area contributed by atoms with Gasteiger partial charge in [0.25, 0.3) is 0 Å². The van der Waals surface area contributed by atoms with Crippen molar-refractivity contribution in [1.82, 2.24) is 0 Å². The monoisotopic (exact) mass is 194 g/mol. The summed E-state index contributed by atoms with van der Waals surface area (Å²) in [7, 11) is 0. The molecule has 0 aliphatic carbocycles. The second-order valence-corrected chi connectivity index (χ2v) is 3.74. The number of rotatable bonds is 2.